The Kier molecular flexibility index (Phi) is 4.32. The molecule has 0 bridgehead atoms. The van der Waals surface area contributed by atoms with Crippen LogP contribution in [0.5, 0.6) is 0 Å². The van der Waals surface area contributed by atoms with Crippen LogP contribution in [0.4, 0.5) is 0 Å². The van der Waals surface area contributed by atoms with Crippen molar-refractivity contribution in [1.82, 2.24) is 10.2 Å². The van der Waals surface area contributed by atoms with Crippen LogP contribution in [-0.2, 0) is 11.2 Å². The number of nitrogens with one attached hydrogen (secondary N) is 1. The van der Waals surface area contributed by atoms with Gasteiger partial charge in [-0.1, -0.05) is 49.6 Å². The summed E-state index contributed by atoms with van der Waals surface area (Å²) in [6, 6.07) is 7.77. The number of benzene rings is 1. The van der Waals surface area contributed by atoms with Gasteiger partial charge >= 0.3 is 0 Å². The number of piperidine rings is 1. The van der Waals surface area contributed by atoms with Crippen LogP contribution >= 0.6 is 0 Å². The number of nitrogens with zero attached hydrogens (tertiary/aromatic N) is 1. The Hall–Kier alpha value is -1.43. The Labute approximate surface area is 188 Å². The summed E-state index contributed by atoms with van der Waals surface area (Å²) in [7, 11) is 0. The van der Waals surface area contributed by atoms with Crippen LogP contribution in [0.2, 0.25) is 0 Å². The molecule has 2 fully saturated rings. The van der Waals surface area contributed by atoms with E-state index in [1.165, 1.54) is 0 Å². The molecule has 1 heterocycles. The molecule has 3 rings (SSSR count). The van der Waals surface area contributed by atoms with Gasteiger partial charge in [-0.3, -0.25) is 9.69 Å². The Morgan fingerprint density at radius 2 is 1.97 bits per heavy atom. The van der Waals surface area contributed by atoms with Crippen molar-refractivity contribution in [2.75, 3.05) is 13.1 Å². The van der Waals surface area contributed by atoms with Gasteiger partial charge in [0, 0.05) is 37.0 Å². The Morgan fingerprint density at radius 3 is 2.66 bits per heavy atom. The zero-order chi connectivity index (χ0) is 28.5. The highest BCUT2D eigenvalue weighted by Crippen LogP contribution is 2.38. The topological polar surface area (TPSA) is 78.6 Å². The van der Waals surface area contributed by atoms with Gasteiger partial charge in [0.2, 0.25) is 5.91 Å². The van der Waals surface area contributed by atoms with E-state index in [9.17, 15) is 9.90 Å². The van der Waals surface area contributed by atoms with E-state index in [4.69, 9.17) is 18.1 Å². The van der Waals surface area contributed by atoms with E-state index in [-0.39, 0.29) is 18.4 Å². The fraction of sp³-hybridized carbons (Fsp3) is 0.708. The quantitative estimate of drug-likeness (QED) is 0.674. The highest BCUT2D eigenvalue weighted by Gasteiger charge is 2.41. The lowest BCUT2D eigenvalue weighted by Gasteiger charge is -2.46. The van der Waals surface area contributed by atoms with Crippen molar-refractivity contribution in [2.45, 2.75) is 82.8 Å². The third-order valence-electron chi connectivity index (χ3n) is 6.35. The molecule has 4 N–H and O–H groups in total. The standard InChI is InChI=1S/C24H39N3O2/c1-24(2,3)26-23(29)21-14-18-11-7-8-12-19(18)15-27(21)16-22(28)20(25)13-17-9-5-4-6-10-17/h4-6,9-10,18-22,28H,7-8,11-16,25H2,1-3H3,(H,26,29)/t18-,19+,20-,21-,22+/m0/s1/i1D3,2D3,3D3. The molecule has 1 aromatic carbocycles. The zero-order valence-corrected chi connectivity index (χ0v) is 16.8. The third kappa shape index (κ3) is 6.27. The summed E-state index contributed by atoms with van der Waals surface area (Å²) in [5, 5.41) is 13.0. The number of fused-ring (bicyclic) bond motifs is 1. The molecule has 1 amide bonds. The molecule has 1 aromatic rings. The summed E-state index contributed by atoms with van der Waals surface area (Å²) in [6.45, 7) is -10.2. The molecule has 2 aliphatic rings. The summed E-state index contributed by atoms with van der Waals surface area (Å²) in [6.07, 6.45) is 3.55. The van der Waals surface area contributed by atoms with E-state index in [1.54, 1.807) is 4.90 Å². The van der Waals surface area contributed by atoms with Crippen molar-refractivity contribution in [2.24, 2.45) is 17.6 Å². The lowest BCUT2D eigenvalue weighted by Crippen LogP contribution is -2.59. The van der Waals surface area contributed by atoms with E-state index < -0.39 is 50.2 Å². The van der Waals surface area contributed by atoms with Crippen LogP contribution < -0.4 is 11.1 Å². The molecule has 0 spiro atoms. The van der Waals surface area contributed by atoms with Gasteiger partial charge < -0.3 is 16.2 Å². The first-order valence-electron chi connectivity index (χ1n) is 15.0. The van der Waals surface area contributed by atoms with Crippen molar-refractivity contribution in [3.05, 3.63) is 35.9 Å². The van der Waals surface area contributed by atoms with Gasteiger partial charge in [-0.25, -0.2) is 0 Å². The summed E-state index contributed by atoms with van der Waals surface area (Å²) < 4.78 is 70.7. The molecular formula is C24H39N3O2. The molecule has 5 nitrogen and oxygen atoms in total. The number of hydrogen-bond donors (Lipinski definition) is 3. The molecule has 29 heavy (non-hydrogen) atoms. The lowest BCUT2D eigenvalue weighted by molar-refractivity contribution is -0.132. The molecule has 0 aromatic heterocycles. The maximum atomic E-state index is 13.7. The SMILES string of the molecule is [2H]C([2H])([2H])C(NC(=O)[C@@H]1C[C@@H]2CCCC[C@@H]2CN1C[C@@H](O)[C@@H](N)Cc1ccccc1)(C([2H])([2H])[2H])C([2H])([2H])[2H]. The monoisotopic (exact) mass is 410 g/mol. The lowest BCUT2D eigenvalue weighted by atomic mass is 9.72. The fourth-order valence-corrected chi connectivity index (χ4v) is 4.84. The number of hydrogen-bond acceptors (Lipinski definition) is 4. The largest absolute Gasteiger partial charge is 0.390 e. The van der Waals surface area contributed by atoms with Crippen LogP contribution in [-0.4, -0.2) is 52.7 Å². The van der Waals surface area contributed by atoms with E-state index in [1.807, 2.05) is 35.6 Å². The minimum absolute atomic E-state index is 0.0115. The summed E-state index contributed by atoms with van der Waals surface area (Å²) >= 11 is 0. The van der Waals surface area contributed by atoms with E-state index in [2.05, 4.69) is 0 Å². The molecule has 5 heteroatoms. The number of rotatable bonds is 6. The first-order chi connectivity index (χ1) is 17.5. The maximum absolute atomic E-state index is 13.7. The van der Waals surface area contributed by atoms with E-state index in [0.29, 0.717) is 19.4 Å². The second kappa shape index (κ2) is 9.59. The summed E-state index contributed by atoms with van der Waals surface area (Å²) in [5.74, 6) is -0.544. The van der Waals surface area contributed by atoms with Crippen LogP contribution in [0.3, 0.4) is 0 Å². The number of nitrogens with two attached hydrogens (primary N) is 1. The van der Waals surface area contributed by atoms with Crippen LogP contribution in [0, 0.1) is 11.8 Å². The van der Waals surface area contributed by atoms with Gasteiger partial charge in [0.05, 0.1) is 12.1 Å². The summed E-state index contributed by atoms with van der Waals surface area (Å²) in [5.41, 5.74) is 3.79. The predicted molar refractivity (Wildman–Crippen MR) is 117 cm³/mol. The van der Waals surface area contributed by atoms with Crippen LogP contribution in [0.1, 0.15) is 70.6 Å². The molecule has 5 atom stereocenters. The molecule has 1 aliphatic heterocycles. The molecule has 1 aliphatic carbocycles. The molecule has 1 saturated heterocycles. The van der Waals surface area contributed by atoms with Gasteiger partial charge in [0.15, 0.2) is 0 Å². The van der Waals surface area contributed by atoms with Crippen molar-refractivity contribution >= 4 is 5.91 Å². The molecule has 162 valence electrons. The molecule has 0 unspecified atom stereocenters. The number of carbonyl (C=O) groups is 1. The maximum Gasteiger partial charge on any atom is 0.237 e. The Bertz CT molecular complexity index is 901. The van der Waals surface area contributed by atoms with Crippen molar-refractivity contribution < 1.29 is 22.2 Å². The number of likely N-dealkylation sites (tertiary alicyclic amines) is 1. The Morgan fingerprint density at radius 1 is 1.28 bits per heavy atom. The summed E-state index contributed by atoms with van der Waals surface area (Å²) in [4.78, 5) is 15.4. The second-order valence-corrected chi connectivity index (χ2v) is 8.67. The highest BCUT2D eigenvalue weighted by atomic mass is 16.3. The Balaban J connectivity index is 1.88. The van der Waals surface area contributed by atoms with Crippen LogP contribution in [0.25, 0.3) is 0 Å². The van der Waals surface area contributed by atoms with Crippen LogP contribution in [0.15, 0.2) is 30.3 Å². The minimum atomic E-state index is -3.54. The zero-order valence-electron chi connectivity index (χ0n) is 25.8. The molecule has 1 saturated carbocycles. The molecule has 0 radical (unpaired) electrons. The normalized spacial score (nSPS) is 33.6. The smallest absolute Gasteiger partial charge is 0.237 e. The van der Waals surface area contributed by atoms with Crippen molar-refractivity contribution in [1.29, 1.82) is 0 Å². The first-order valence-corrected chi connectivity index (χ1v) is 10.5. The number of aliphatic hydroxyl groups is 1. The third-order valence-corrected chi connectivity index (χ3v) is 6.35. The van der Waals surface area contributed by atoms with Gasteiger partial charge in [0.1, 0.15) is 0 Å². The second-order valence-electron chi connectivity index (χ2n) is 8.67. The number of carbonyl (C=O) groups excluding carboxylic acids is 1. The highest BCUT2D eigenvalue weighted by molar-refractivity contribution is 5.82. The van der Waals surface area contributed by atoms with Gasteiger partial charge in [-0.05, 0) is 57.2 Å². The fourth-order valence-electron chi connectivity index (χ4n) is 4.84. The van der Waals surface area contributed by atoms with E-state index in [0.717, 1.165) is 31.2 Å². The number of β-amino-alcohol motifs (C(OH)–C–C–N with tert-alkyl or cyclic N) is 1. The minimum Gasteiger partial charge on any atom is -0.390 e. The predicted octanol–water partition coefficient (Wildman–Crippen LogP) is 2.71. The van der Waals surface area contributed by atoms with Gasteiger partial charge in [-0.15, -0.1) is 0 Å². The average molecular weight is 411 g/mol. The van der Waals surface area contributed by atoms with Crippen molar-refractivity contribution in [3.63, 3.8) is 0 Å². The average Bonchev–Trinajstić information content (AvgIpc) is 2.80. The number of aliphatic hydroxyl groups excluding tert-OH is 1. The van der Waals surface area contributed by atoms with Gasteiger partial charge in [-0.2, -0.15) is 0 Å². The van der Waals surface area contributed by atoms with Gasteiger partial charge in [0.25, 0.3) is 0 Å². The van der Waals surface area contributed by atoms with Crippen molar-refractivity contribution in [3.8, 4) is 0 Å². The number of amides is 1. The first kappa shape index (κ1) is 13.1. The molecular weight excluding hydrogens is 362 g/mol. The van der Waals surface area contributed by atoms with E-state index >= 15 is 0 Å².